The third-order valence-corrected chi connectivity index (χ3v) is 2.68. The maximum Gasteiger partial charge on any atom is 0.0619 e. The van der Waals surface area contributed by atoms with Gasteiger partial charge in [-0.2, -0.15) is 0 Å². The van der Waals surface area contributed by atoms with E-state index in [1.165, 1.54) is 19.3 Å². The molecule has 1 heterocycles. The van der Waals surface area contributed by atoms with E-state index < -0.39 is 0 Å². The van der Waals surface area contributed by atoms with Gasteiger partial charge in [0.1, 0.15) is 0 Å². The van der Waals surface area contributed by atoms with E-state index in [1.54, 1.807) is 0 Å². The zero-order valence-electron chi connectivity index (χ0n) is 9.00. The maximum absolute atomic E-state index is 8.58. The van der Waals surface area contributed by atoms with Gasteiger partial charge in [0, 0.05) is 19.3 Å². The first-order chi connectivity index (χ1) is 6.93. The summed E-state index contributed by atoms with van der Waals surface area (Å²) in [6.07, 6.45) is 6.97. The molecule has 0 radical (unpaired) electrons. The smallest absolute Gasteiger partial charge is 0.0619 e. The van der Waals surface area contributed by atoms with E-state index in [0.29, 0.717) is 12.6 Å². The van der Waals surface area contributed by atoms with Crippen LogP contribution in [0.2, 0.25) is 0 Å². The van der Waals surface area contributed by atoms with Gasteiger partial charge in [0.25, 0.3) is 0 Å². The highest BCUT2D eigenvalue weighted by Gasteiger charge is 2.11. The summed E-state index contributed by atoms with van der Waals surface area (Å²) < 4.78 is 5.58. The van der Waals surface area contributed by atoms with Crippen LogP contribution in [0.25, 0.3) is 0 Å². The molecule has 1 unspecified atom stereocenters. The van der Waals surface area contributed by atoms with Gasteiger partial charge in [-0.1, -0.05) is 6.42 Å². The average Bonchev–Trinajstić information content (AvgIpc) is 2.25. The topological polar surface area (TPSA) is 41.5 Å². The van der Waals surface area contributed by atoms with Gasteiger partial charge in [0.05, 0.1) is 6.61 Å². The number of nitrogens with one attached hydrogen (secondary N) is 1. The molecule has 0 aliphatic carbocycles. The van der Waals surface area contributed by atoms with Crippen LogP contribution in [-0.4, -0.2) is 37.5 Å². The van der Waals surface area contributed by atoms with Crippen molar-refractivity contribution >= 4 is 0 Å². The van der Waals surface area contributed by atoms with Crippen molar-refractivity contribution in [3.63, 3.8) is 0 Å². The van der Waals surface area contributed by atoms with E-state index in [-0.39, 0.29) is 0 Å². The molecule has 0 aromatic carbocycles. The number of hydrogen-bond acceptors (Lipinski definition) is 3. The predicted octanol–water partition coefficient (Wildman–Crippen LogP) is 1.31. The Hall–Kier alpha value is -0.120. The van der Waals surface area contributed by atoms with E-state index in [0.717, 1.165) is 39.0 Å². The number of aliphatic hydroxyl groups is 1. The molecule has 2 N–H and O–H groups in total. The molecule has 0 bridgehead atoms. The molecule has 1 aliphatic rings. The number of aliphatic hydroxyl groups excluding tert-OH is 1. The molecule has 1 rings (SSSR count). The van der Waals surface area contributed by atoms with Crippen LogP contribution < -0.4 is 5.32 Å². The summed E-state index contributed by atoms with van der Waals surface area (Å²) in [6.45, 7) is 3.17. The molecule has 0 saturated carbocycles. The van der Waals surface area contributed by atoms with E-state index in [1.807, 2.05) is 0 Å². The monoisotopic (exact) mass is 201 g/mol. The Morgan fingerprint density at radius 2 is 2.14 bits per heavy atom. The lowest BCUT2D eigenvalue weighted by atomic mass is 10.1. The van der Waals surface area contributed by atoms with E-state index >= 15 is 0 Å². The summed E-state index contributed by atoms with van der Waals surface area (Å²) in [6, 6.07) is 0.585. The summed E-state index contributed by atoms with van der Waals surface area (Å²) in [5, 5.41) is 12.0. The third kappa shape index (κ3) is 5.58. The third-order valence-electron chi connectivity index (χ3n) is 2.68. The Morgan fingerprint density at radius 3 is 2.86 bits per heavy atom. The summed E-state index contributed by atoms with van der Waals surface area (Å²) in [7, 11) is 0. The van der Waals surface area contributed by atoms with Gasteiger partial charge in [0.2, 0.25) is 0 Å². The standard InChI is InChI=1S/C11H23NO2/c13-8-4-1-5-9-14-10-11-6-2-3-7-12-11/h11-13H,1-10H2. The summed E-state index contributed by atoms with van der Waals surface area (Å²) in [5.74, 6) is 0. The van der Waals surface area contributed by atoms with Crippen molar-refractivity contribution in [2.75, 3.05) is 26.4 Å². The molecule has 0 spiro atoms. The zero-order chi connectivity index (χ0) is 10.1. The molecule has 3 nitrogen and oxygen atoms in total. The number of rotatable bonds is 7. The van der Waals surface area contributed by atoms with Crippen molar-refractivity contribution < 1.29 is 9.84 Å². The molecular formula is C11H23NO2. The summed E-state index contributed by atoms with van der Waals surface area (Å²) >= 11 is 0. The molecule has 84 valence electrons. The number of ether oxygens (including phenoxy) is 1. The van der Waals surface area contributed by atoms with Gasteiger partial charge < -0.3 is 15.2 Å². The normalized spacial score (nSPS) is 22.5. The molecular weight excluding hydrogens is 178 g/mol. The first kappa shape index (κ1) is 12.0. The molecule has 1 aliphatic heterocycles. The van der Waals surface area contributed by atoms with E-state index in [4.69, 9.17) is 9.84 Å². The average molecular weight is 201 g/mol. The minimum atomic E-state index is 0.310. The van der Waals surface area contributed by atoms with Crippen molar-refractivity contribution in [1.29, 1.82) is 0 Å². The second-order valence-electron chi connectivity index (χ2n) is 4.01. The zero-order valence-corrected chi connectivity index (χ0v) is 9.00. The first-order valence-corrected chi connectivity index (χ1v) is 5.85. The maximum atomic E-state index is 8.58. The summed E-state index contributed by atoms with van der Waals surface area (Å²) in [5.41, 5.74) is 0. The number of hydrogen-bond donors (Lipinski definition) is 2. The van der Waals surface area contributed by atoms with Crippen LogP contribution in [0.4, 0.5) is 0 Å². The molecule has 0 amide bonds. The largest absolute Gasteiger partial charge is 0.396 e. The number of unbranched alkanes of at least 4 members (excludes halogenated alkanes) is 2. The molecule has 3 heteroatoms. The lowest BCUT2D eigenvalue weighted by Gasteiger charge is -2.23. The minimum absolute atomic E-state index is 0.310. The lowest BCUT2D eigenvalue weighted by Crippen LogP contribution is -2.37. The van der Waals surface area contributed by atoms with Gasteiger partial charge in [-0.05, 0) is 38.6 Å². The molecule has 1 fully saturated rings. The van der Waals surface area contributed by atoms with Gasteiger partial charge in [-0.3, -0.25) is 0 Å². The quantitative estimate of drug-likeness (QED) is 0.610. The van der Waals surface area contributed by atoms with Crippen LogP contribution in [0.1, 0.15) is 38.5 Å². The molecule has 0 aromatic rings. The molecule has 0 aromatic heterocycles. The first-order valence-electron chi connectivity index (χ1n) is 5.85. The SMILES string of the molecule is OCCCCCOCC1CCCCN1. The molecule has 14 heavy (non-hydrogen) atoms. The fraction of sp³-hybridized carbons (Fsp3) is 1.00. The highest BCUT2D eigenvalue weighted by molar-refractivity contribution is 4.71. The van der Waals surface area contributed by atoms with Crippen LogP contribution in [0.3, 0.4) is 0 Å². The minimum Gasteiger partial charge on any atom is -0.396 e. The van der Waals surface area contributed by atoms with Crippen LogP contribution in [0.5, 0.6) is 0 Å². The molecule has 1 atom stereocenters. The highest BCUT2D eigenvalue weighted by atomic mass is 16.5. The van der Waals surface area contributed by atoms with Crippen LogP contribution >= 0.6 is 0 Å². The van der Waals surface area contributed by atoms with Crippen molar-refractivity contribution in [2.24, 2.45) is 0 Å². The van der Waals surface area contributed by atoms with Crippen molar-refractivity contribution in [3.8, 4) is 0 Å². The Labute approximate surface area is 86.8 Å². The molecule has 1 saturated heterocycles. The highest BCUT2D eigenvalue weighted by Crippen LogP contribution is 2.07. The van der Waals surface area contributed by atoms with E-state index in [9.17, 15) is 0 Å². The Bertz CT molecular complexity index is 124. The van der Waals surface area contributed by atoms with Gasteiger partial charge in [-0.15, -0.1) is 0 Å². The van der Waals surface area contributed by atoms with Crippen molar-refractivity contribution in [2.45, 2.75) is 44.6 Å². The fourth-order valence-corrected chi connectivity index (χ4v) is 1.78. The van der Waals surface area contributed by atoms with Gasteiger partial charge >= 0.3 is 0 Å². The fourth-order valence-electron chi connectivity index (χ4n) is 1.78. The van der Waals surface area contributed by atoms with Gasteiger partial charge in [-0.25, -0.2) is 0 Å². The van der Waals surface area contributed by atoms with E-state index in [2.05, 4.69) is 5.32 Å². The van der Waals surface area contributed by atoms with Crippen LogP contribution in [0, 0.1) is 0 Å². The van der Waals surface area contributed by atoms with Gasteiger partial charge in [0.15, 0.2) is 0 Å². The number of piperidine rings is 1. The lowest BCUT2D eigenvalue weighted by molar-refractivity contribution is 0.0989. The Kier molecular flexibility index (Phi) is 7.01. The van der Waals surface area contributed by atoms with Crippen LogP contribution in [0.15, 0.2) is 0 Å². The Morgan fingerprint density at radius 1 is 1.21 bits per heavy atom. The second-order valence-corrected chi connectivity index (χ2v) is 4.01. The van der Waals surface area contributed by atoms with Crippen molar-refractivity contribution in [3.05, 3.63) is 0 Å². The predicted molar refractivity (Wildman–Crippen MR) is 57.4 cm³/mol. The Balaban J connectivity index is 1.82. The second kappa shape index (κ2) is 8.21. The summed E-state index contributed by atoms with van der Waals surface area (Å²) in [4.78, 5) is 0. The van der Waals surface area contributed by atoms with Crippen molar-refractivity contribution in [1.82, 2.24) is 5.32 Å². The van der Waals surface area contributed by atoms with Crippen LogP contribution in [-0.2, 0) is 4.74 Å².